The molecule has 0 aromatic heterocycles. The van der Waals surface area contributed by atoms with Gasteiger partial charge in [0.25, 0.3) is 0 Å². The average molecular weight is 271 g/mol. The Labute approximate surface area is 105 Å². The van der Waals surface area contributed by atoms with Gasteiger partial charge in [-0.25, -0.2) is 0 Å². The van der Waals surface area contributed by atoms with Crippen molar-refractivity contribution in [2.24, 2.45) is 0 Å². The molecule has 0 aromatic rings. The van der Waals surface area contributed by atoms with Crippen LogP contribution in [0.2, 0.25) is 0 Å². The molecule has 0 saturated carbocycles. The monoisotopic (exact) mass is 271 g/mol. The minimum atomic E-state index is -4.34. The van der Waals surface area contributed by atoms with Crippen molar-refractivity contribution in [1.82, 2.24) is 5.32 Å². The van der Waals surface area contributed by atoms with E-state index in [4.69, 9.17) is 5.11 Å². The first-order valence-electron chi connectivity index (χ1n) is 5.72. The van der Waals surface area contributed by atoms with Crippen LogP contribution in [0.5, 0.6) is 0 Å². The van der Waals surface area contributed by atoms with Gasteiger partial charge < -0.3 is 9.84 Å². The van der Waals surface area contributed by atoms with Crippen molar-refractivity contribution in [3.05, 3.63) is 0 Å². The molecule has 0 rings (SSSR count). The summed E-state index contributed by atoms with van der Waals surface area (Å²) in [6.45, 7) is 3.72. The number of hydrogen-bond donors (Lipinski definition) is 2. The highest BCUT2D eigenvalue weighted by Gasteiger charge is 2.33. The largest absolute Gasteiger partial charge is 0.480 e. The molecule has 0 aromatic carbocycles. The normalized spacial score (nSPS) is 15.7. The third-order valence-corrected chi connectivity index (χ3v) is 2.31. The molecule has 7 heteroatoms. The summed E-state index contributed by atoms with van der Waals surface area (Å²) < 4.78 is 39.8. The minimum absolute atomic E-state index is 0.0257. The zero-order valence-electron chi connectivity index (χ0n) is 10.8. The van der Waals surface area contributed by atoms with Crippen LogP contribution in [0.4, 0.5) is 13.2 Å². The summed E-state index contributed by atoms with van der Waals surface area (Å²) in [5.41, 5.74) is -1.14. The maximum atomic E-state index is 11.8. The Kier molecular flexibility index (Phi) is 6.62. The maximum absolute atomic E-state index is 11.8. The van der Waals surface area contributed by atoms with E-state index in [-0.39, 0.29) is 25.5 Å². The molecule has 0 saturated heterocycles. The smallest absolute Gasteiger partial charge is 0.411 e. The fourth-order valence-electron chi connectivity index (χ4n) is 1.59. The number of carbonyl (C=O) groups is 1. The van der Waals surface area contributed by atoms with Gasteiger partial charge in [-0.1, -0.05) is 0 Å². The second-order valence-corrected chi connectivity index (χ2v) is 4.71. The standard InChI is InChI=1S/C11H20F3NO3/c1-8(2)15-10(3,9(16)17)5-4-6-18-7-11(12,13)14/h8,15H,4-7H2,1-3H3,(H,16,17). The fraction of sp³-hybridized carbons (Fsp3) is 0.909. The molecule has 0 spiro atoms. The van der Waals surface area contributed by atoms with Gasteiger partial charge in [0.2, 0.25) is 0 Å². The van der Waals surface area contributed by atoms with Gasteiger partial charge in [0.15, 0.2) is 0 Å². The second-order valence-electron chi connectivity index (χ2n) is 4.71. The lowest BCUT2D eigenvalue weighted by Gasteiger charge is -2.28. The maximum Gasteiger partial charge on any atom is 0.411 e. The second kappa shape index (κ2) is 6.94. The zero-order valence-corrected chi connectivity index (χ0v) is 10.8. The molecular weight excluding hydrogens is 251 g/mol. The number of hydrogen-bond acceptors (Lipinski definition) is 3. The SMILES string of the molecule is CC(C)NC(C)(CCCOCC(F)(F)F)C(=O)O. The molecule has 0 radical (unpaired) electrons. The summed E-state index contributed by atoms with van der Waals surface area (Å²) in [5, 5.41) is 12.0. The van der Waals surface area contributed by atoms with Gasteiger partial charge >= 0.3 is 12.1 Å². The average Bonchev–Trinajstić information content (AvgIpc) is 2.13. The molecule has 0 heterocycles. The number of ether oxygens (including phenoxy) is 1. The van der Waals surface area contributed by atoms with Crippen LogP contribution in [0, 0.1) is 0 Å². The predicted octanol–water partition coefficient (Wildman–Crippen LogP) is 2.19. The topological polar surface area (TPSA) is 58.6 Å². The Bertz CT molecular complexity index is 269. The van der Waals surface area contributed by atoms with Gasteiger partial charge in [0.05, 0.1) is 0 Å². The number of carboxylic acid groups (broad SMARTS) is 1. The molecule has 108 valence electrons. The molecule has 1 unspecified atom stereocenters. The van der Waals surface area contributed by atoms with Crippen LogP contribution in [-0.2, 0) is 9.53 Å². The Morgan fingerprint density at radius 3 is 2.33 bits per heavy atom. The van der Waals surface area contributed by atoms with Crippen molar-refractivity contribution in [2.75, 3.05) is 13.2 Å². The molecule has 0 aliphatic heterocycles. The molecule has 0 fully saturated rings. The van der Waals surface area contributed by atoms with E-state index >= 15 is 0 Å². The van der Waals surface area contributed by atoms with E-state index in [0.29, 0.717) is 0 Å². The van der Waals surface area contributed by atoms with Gasteiger partial charge in [-0.2, -0.15) is 13.2 Å². The Morgan fingerprint density at radius 2 is 1.94 bits per heavy atom. The Morgan fingerprint density at radius 1 is 1.39 bits per heavy atom. The van der Waals surface area contributed by atoms with Gasteiger partial charge in [-0.3, -0.25) is 10.1 Å². The summed E-state index contributed by atoms with van der Waals surface area (Å²) in [7, 11) is 0. The van der Waals surface area contributed by atoms with Gasteiger partial charge in [-0.15, -0.1) is 0 Å². The lowest BCUT2D eigenvalue weighted by Crippen LogP contribution is -2.52. The molecular formula is C11H20F3NO3. The highest BCUT2D eigenvalue weighted by Crippen LogP contribution is 2.17. The van der Waals surface area contributed by atoms with Crippen LogP contribution in [0.25, 0.3) is 0 Å². The van der Waals surface area contributed by atoms with Crippen LogP contribution in [0.15, 0.2) is 0 Å². The molecule has 0 amide bonds. The first-order valence-corrected chi connectivity index (χ1v) is 5.72. The number of nitrogens with one attached hydrogen (secondary N) is 1. The van der Waals surface area contributed by atoms with Crippen molar-refractivity contribution < 1.29 is 27.8 Å². The van der Waals surface area contributed by atoms with E-state index in [9.17, 15) is 18.0 Å². The summed E-state index contributed by atoms with van der Waals surface area (Å²) in [6.07, 6.45) is -3.89. The number of aliphatic carboxylic acids is 1. The van der Waals surface area contributed by atoms with E-state index < -0.39 is 24.3 Å². The molecule has 0 aliphatic rings. The quantitative estimate of drug-likeness (QED) is 0.664. The Balaban J connectivity index is 4.03. The van der Waals surface area contributed by atoms with Crippen LogP contribution in [0.1, 0.15) is 33.6 Å². The molecule has 1 atom stereocenters. The van der Waals surface area contributed by atoms with Gasteiger partial charge in [0, 0.05) is 12.6 Å². The summed E-state index contributed by atoms with van der Waals surface area (Å²) in [5.74, 6) is -1.02. The van der Waals surface area contributed by atoms with E-state index in [1.54, 1.807) is 13.8 Å². The number of halogens is 3. The molecule has 18 heavy (non-hydrogen) atoms. The van der Waals surface area contributed by atoms with E-state index in [1.165, 1.54) is 6.92 Å². The van der Waals surface area contributed by atoms with E-state index in [1.807, 2.05) is 0 Å². The highest BCUT2D eigenvalue weighted by atomic mass is 19.4. The summed E-state index contributed by atoms with van der Waals surface area (Å²) in [4.78, 5) is 11.1. The van der Waals surface area contributed by atoms with Crippen molar-refractivity contribution >= 4 is 5.97 Å². The van der Waals surface area contributed by atoms with Crippen molar-refractivity contribution in [3.8, 4) is 0 Å². The van der Waals surface area contributed by atoms with Crippen LogP contribution in [0.3, 0.4) is 0 Å². The predicted molar refractivity (Wildman–Crippen MR) is 60.4 cm³/mol. The Hall–Kier alpha value is -0.820. The minimum Gasteiger partial charge on any atom is -0.480 e. The fourth-order valence-corrected chi connectivity index (χ4v) is 1.59. The van der Waals surface area contributed by atoms with Crippen molar-refractivity contribution in [2.45, 2.75) is 51.4 Å². The summed E-state index contributed by atoms with van der Waals surface area (Å²) >= 11 is 0. The van der Waals surface area contributed by atoms with Crippen molar-refractivity contribution in [1.29, 1.82) is 0 Å². The van der Waals surface area contributed by atoms with Crippen LogP contribution >= 0.6 is 0 Å². The molecule has 0 bridgehead atoms. The van der Waals surface area contributed by atoms with Crippen LogP contribution in [-0.4, -0.2) is 42.0 Å². The molecule has 2 N–H and O–H groups in total. The first kappa shape index (κ1) is 17.2. The number of rotatable bonds is 8. The third-order valence-electron chi connectivity index (χ3n) is 2.31. The lowest BCUT2D eigenvalue weighted by atomic mass is 9.95. The van der Waals surface area contributed by atoms with Gasteiger partial charge in [0.1, 0.15) is 12.1 Å². The zero-order chi connectivity index (χ0) is 14.4. The number of alkyl halides is 3. The van der Waals surface area contributed by atoms with Gasteiger partial charge in [-0.05, 0) is 33.6 Å². The van der Waals surface area contributed by atoms with Crippen molar-refractivity contribution in [3.63, 3.8) is 0 Å². The highest BCUT2D eigenvalue weighted by molar-refractivity contribution is 5.78. The van der Waals surface area contributed by atoms with E-state index in [0.717, 1.165) is 0 Å². The van der Waals surface area contributed by atoms with Crippen LogP contribution < -0.4 is 5.32 Å². The number of carboxylic acids is 1. The lowest BCUT2D eigenvalue weighted by molar-refractivity contribution is -0.174. The summed E-state index contributed by atoms with van der Waals surface area (Å²) in [6, 6.07) is -0.0257. The third kappa shape index (κ3) is 7.50. The van der Waals surface area contributed by atoms with E-state index in [2.05, 4.69) is 10.1 Å². The molecule has 0 aliphatic carbocycles. The first-order chi connectivity index (χ1) is 8.07. The molecule has 4 nitrogen and oxygen atoms in total.